The molecule has 1 rings (SSSR count). The quantitative estimate of drug-likeness (QED) is 0.777. The molecule has 0 aromatic heterocycles. The van der Waals surface area contributed by atoms with Gasteiger partial charge >= 0.3 is 0 Å². The molecule has 0 radical (unpaired) electrons. The Balaban J connectivity index is 2.40. The zero-order valence-corrected chi connectivity index (χ0v) is 11.5. The van der Waals surface area contributed by atoms with Crippen LogP contribution in [0.25, 0.3) is 0 Å². The van der Waals surface area contributed by atoms with E-state index in [-0.39, 0.29) is 5.54 Å². The second kappa shape index (κ2) is 5.99. The number of hydrogen-bond donors (Lipinski definition) is 1. The number of ether oxygens (including phenoxy) is 1. The van der Waals surface area contributed by atoms with Gasteiger partial charge in [-0.3, -0.25) is 4.90 Å². The third kappa shape index (κ3) is 4.40. The van der Waals surface area contributed by atoms with Gasteiger partial charge in [-0.25, -0.2) is 0 Å². The highest BCUT2D eigenvalue weighted by Gasteiger charge is 2.25. The van der Waals surface area contributed by atoms with E-state index < -0.39 is 0 Å². The first-order valence-corrected chi connectivity index (χ1v) is 6.48. The molecule has 1 aliphatic rings. The summed E-state index contributed by atoms with van der Waals surface area (Å²) in [6, 6.07) is 1.23. The van der Waals surface area contributed by atoms with Crippen molar-refractivity contribution in [2.75, 3.05) is 26.8 Å². The van der Waals surface area contributed by atoms with Gasteiger partial charge in [0, 0.05) is 30.8 Å². The molecule has 1 aliphatic heterocycles. The van der Waals surface area contributed by atoms with Gasteiger partial charge in [0.1, 0.15) is 0 Å². The second-order valence-electron chi connectivity index (χ2n) is 5.88. The Hall–Kier alpha value is -0.120. The summed E-state index contributed by atoms with van der Waals surface area (Å²) in [5.41, 5.74) is 0.209. The number of likely N-dealkylation sites (N-methyl/N-ethyl adjacent to an activating group) is 1. The largest absolute Gasteiger partial charge is 0.380 e. The van der Waals surface area contributed by atoms with E-state index in [0.29, 0.717) is 12.1 Å². The summed E-state index contributed by atoms with van der Waals surface area (Å²) in [7, 11) is 2.23. The van der Waals surface area contributed by atoms with Crippen molar-refractivity contribution in [1.82, 2.24) is 10.2 Å². The van der Waals surface area contributed by atoms with Gasteiger partial charge in [-0.15, -0.1) is 0 Å². The Labute approximate surface area is 101 Å². The molecule has 16 heavy (non-hydrogen) atoms. The van der Waals surface area contributed by atoms with E-state index in [4.69, 9.17) is 4.74 Å². The molecule has 0 aromatic carbocycles. The molecule has 0 amide bonds. The Bertz CT molecular complexity index is 195. The van der Waals surface area contributed by atoms with Gasteiger partial charge in [0.15, 0.2) is 0 Å². The van der Waals surface area contributed by atoms with Crippen LogP contribution >= 0.6 is 0 Å². The summed E-state index contributed by atoms with van der Waals surface area (Å²) in [4.78, 5) is 2.49. The summed E-state index contributed by atoms with van der Waals surface area (Å²) in [6.07, 6.45) is 2.37. The van der Waals surface area contributed by atoms with E-state index in [1.807, 2.05) is 0 Å². The van der Waals surface area contributed by atoms with E-state index in [9.17, 15) is 0 Å². The van der Waals surface area contributed by atoms with Gasteiger partial charge in [-0.1, -0.05) is 6.92 Å². The van der Waals surface area contributed by atoms with Gasteiger partial charge in [0.25, 0.3) is 0 Å². The van der Waals surface area contributed by atoms with Crippen LogP contribution in [0.2, 0.25) is 0 Å². The lowest BCUT2D eigenvalue weighted by Gasteiger charge is -2.34. The maximum absolute atomic E-state index is 5.46. The molecule has 2 atom stereocenters. The van der Waals surface area contributed by atoms with Crippen LogP contribution in [0.1, 0.15) is 40.5 Å². The lowest BCUT2D eigenvalue weighted by atomic mass is 10.1. The van der Waals surface area contributed by atoms with Crippen molar-refractivity contribution >= 4 is 0 Å². The first-order chi connectivity index (χ1) is 7.44. The van der Waals surface area contributed by atoms with Gasteiger partial charge in [0.2, 0.25) is 0 Å². The third-order valence-corrected chi connectivity index (χ3v) is 3.40. The van der Waals surface area contributed by atoms with Crippen molar-refractivity contribution in [3.8, 4) is 0 Å². The lowest BCUT2D eigenvalue weighted by Crippen LogP contribution is -2.49. The highest BCUT2D eigenvalue weighted by atomic mass is 16.5. The molecule has 0 saturated carbocycles. The van der Waals surface area contributed by atoms with E-state index in [1.54, 1.807) is 0 Å². The number of rotatable bonds is 5. The van der Waals surface area contributed by atoms with Crippen molar-refractivity contribution < 1.29 is 4.74 Å². The Morgan fingerprint density at radius 3 is 2.56 bits per heavy atom. The van der Waals surface area contributed by atoms with Gasteiger partial charge in [0.05, 0.1) is 6.61 Å². The van der Waals surface area contributed by atoms with Crippen LogP contribution in [-0.4, -0.2) is 49.3 Å². The fourth-order valence-corrected chi connectivity index (χ4v) is 2.14. The SMILES string of the molecule is CCC(CNC(C)(C)C)N(C)C1CCOC1. The van der Waals surface area contributed by atoms with Crippen molar-refractivity contribution in [3.63, 3.8) is 0 Å². The molecule has 1 saturated heterocycles. The third-order valence-electron chi connectivity index (χ3n) is 3.40. The minimum Gasteiger partial charge on any atom is -0.380 e. The average Bonchev–Trinajstić information content (AvgIpc) is 2.69. The predicted molar refractivity (Wildman–Crippen MR) is 68.8 cm³/mol. The normalized spacial score (nSPS) is 24.0. The maximum atomic E-state index is 5.46. The first-order valence-electron chi connectivity index (χ1n) is 6.48. The molecule has 1 heterocycles. The number of nitrogens with one attached hydrogen (secondary N) is 1. The molecule has 96 valence electrons. The fraction of sp³-hybridized carbons (Fsp3) is 1.00. The molecule has 0 aliphatic carbocycles. The predicted octanol–water partition coefficient (Wildman–Crippen LogP) is 1.87. The highest BCUT2D eigenvalue weighted by Crippen LogP contribution is 2.15. The molecule has 3 heteroatoms. The lowest BCUT2D eigenvalue weighted by molar-refractivity contribution is 0.125. The second-order valence-corrected chi connectivity index (χ2v) is 5.88. The van der Waals surface area contributed by atoms with Crippen molar-refractivity contribution in [2.24, 2.45) is 0 Å². The standard InChI is InChI=1S/C13H28N2O/c1-6-11(9-14-13(2,3)4)15(5)12-7-8-16-10-12/h11-12,14H,6-10H2,1-5H3. The van der Waals surface area contributed by atoms with Crippen LogP contribution in [0.3, 0.4) is 0 Å². The molecule has 1 fully saturated rings. The zero-order valence-electron chi connectivity index (χ0n) is 11.5. The van der Waals surface area contributed by atoms with Crippen LogP contribution in [0.5, 0.6) is 0 Å². The molecule has 1 N–H and O–H groups in total. The number of nitrogens with zero attached hydrogens (tertiary/aromatic N) is 1. The average molecular weight is 228 g/mol. The summed E-state index contributed by atoms with van der Waals surface area (Å²) >= 11 is 0. The van der Waals surface area contributed by atoms with E-state index in [0.717, 1.165) is 19.8 Å². The monoisotopic (exact) mass is 228 g/mol. The Morgan fingerprint density at radius 1 is 1.44 bits per heavy atom. The van der Waals surface area contributed by atoms with Gasteiger partial charge < -0.3 is 10.1 Å². The van der Waals surface area contributed by atoms with Crippen LogP contribution in [0.15, 0.2) is 0 Å². The number of hydrogen-bond acceptors (Lipinski definition) is 3. The zero-order chi connectivity index (χ0) is 12.2. The van der Waals surface area contributed by atoms with E-state index >= 15 is 0 Å². The molecular weight excluding hydrogens is 200 g/mol. The first kappa shape index (κ1) is 13.9. The molecular formula is C13H28N2O. The molecule has 2 unspecified atom stereocenters. The van der Waals surface area contributed by atoms with Crippen molar-refractivity contribution in [2.45, 2.75) is 58.2 Å². The highest BCUT2D eigenvalue weighted by molar-refractivity contribution is 4.82. The fourth-order valence-electron chi connectivity index (χ4n) is 2.14. The molecule has 3 nitrogen and oxygen atoms in total. The maximum Gasteiger partial charge on any atom is 0.0622 e. The van der Waals surface area contributed by atoms with E-state index in [1.165, 1.54) is 12.8 Å². The van der Waals surface area contributed by atoms with Crippen LogP contribution in [0, 0.1) is 0 Å². The van der Waals surface area contributed by atoms with Gasteiger partial charge in [-0.05, 0) is 40.7 Å². The van der Waals surface area contributed by atoms with Crippen LogP contribution in [0.4, 0.5) is 0 Å². The Morgan fingerprint density at radius 2 is 2.12 bits per heavy atom. The molecule has 0 aromatic rings. The molecule has 0 bridgehead atoms. The smallest absolute Gasteiger partial charge is 0.0622 e. The molecule has 0 spiro atoms. The topological polar surface area (TPSA) is 24.5 Å². The van der Waals surface area contributed by atoms with Crippen molar-refractivity contribution in [3.05, 3.63) is 0 Å². The van der Waals surface area contributed by atoms with Crippen LogP contribution in [-0.2, 0) is 4.74 Å². The van der Waals surface area contributed by atoms with Gasteiger partial charge in [-0.2, -0.15) is 0 Å². The summed E-state index contributed by atoms with van der Waals surface area (Å²) < 4.78 is 5.46. The minimum absolute atomic E-state index is 0.209. The van der Waals surface area contributed by atoms with Crippen molar-refractivity contribution in [1.29, 1.82) is 0 Å². The van der Waals surface area contributed by atoms with Crippen LogP contribution < -0.4 is 5.32 Å². The Kier molecular flexibility index (Phi) is 5.22. The minimum atomic E-state index is 0.209. The summed E-state index contributed by atoms with van der Waals surface area (Å²) in [6.45, 7) is 11.8. The summed E-state index contributed by atoms with van der Waals surface area (Å²) in [5, 5.41) is 3.59. The summed E-state index contributed by atoms with van der Waals surface area (Å²) in [5.74, 6) is 0. The van der Waals surface area contributed by atoms with E-state index in [2.05, 4.69) is 45.0 Å².